The highest BCUT2D eigenvalue weighted by molar-refractivity contribution is 5.98. The Morgan fingerprint density at radius 3 is 1.62 bits per heavy atom. The summed E-state index contributed by atoms with van der Waals surface area (Å²) >= 11 is 0. The molecule has 0 aliphatic carbocycles. The van der Waals surface area contributed by atoms with Crippen LogP contribution < -0.4 is 55.3 Å². The zero-order valence-electron chi connectivity index (χ0n) is 43.4. The average Bonchev–Trinajstić information content (AvgIpc) is 4.22. The predicted octanol–water partition coefficient (Wildman–Crippen LogP) is -3.60. The monoisotopic (exact) mass is 1070 g/mol. The standard InChI is InChI=1S/C51H75N15O11/c1-30(67)41(48(75)65-25-11-20-38(65)45(72)62-36(28-32-15-6-3-7-16-32)42(69)61-34(49(76)77)18-9-23-58-51(55)56)63-43(70)35(27-31-13-4-2-5-14-31)60-40(68)29-59-44(71)37-19-10-24-64(37)47(74)39-21-12-26-66(39)46(73)33(52)17-8-22-57-50(53)54/h2-7,13-16,30,33-39,41,67H,8-12,17-29,52H2,1H3,(H,59,71)(H,60,68)(H,61,69)(H,62,72)(H,63,70)(H,76,77)(H4,53,54,57)(H4,55,56,58)/t30-,33+,34+,35+,36+,37+,38+,39+,41+/m1/s1. The lowest BCUT2D eigenvalue weighted by Crippen LogP contribution is -2.61. The number of aliphatic carboxylic acids is 1. The Labute approximate surface area is 446 Å². The molecule has 3 aliphatic heterocycles. The van der Waals surface area contributed by atoms with Gasteiger partial charge in [-0.1, -0.05) is 60.7 Å². The molecule has 3 fully saturated rings. The summed E-state index contributed by atoms with van der Waals surface area (Å²) in [6, 6.07) is 7.94. The number of aliphatic imine (C=N–C) groups is 2. The Bertz CT molecular complexity index is 2440. The maximum Gasteiger partial charge on any atom is 0.326 e. The van der Waals surface area contributed by atoms with E-state index in [9.17, 15) is 53.4 Å². The maximum absolute atomic E-state index is 14.4. The molecule has 5 rings (SSSR count). The van der Waals surface area contributed by atoms with Crippen molar-refractivity contribution in [3.8, 4) is 0 Å². The maximum atomic E-state index is 14.4. The number of nitrogens with two attached hydrogens (primary N) is 5. The molecule has 77 heavy (non-hydrogen) atoms. The lowest BCUT2D eigenvalue weighted by atomic mass is 10.0. The molecule has 0 radical (unpaired) electrons. The van der Waals surface area contributed by atoms with Crippen LogP contribution in [-0.2, 0) is 56.0 Å². The van der Waals surface area contributed by atoms with Gasteiger partial charge >= 0.3 is 5.97 Å². The number of carbonyl (C=O) groups is 9. The molecule has 8 amide bonds. The van der Waals surface area contributed by atoms with Gasteiger partial charge in [0.05, 0.1) is 18.7 Å². The van der Waals surface area contributed by atoms with E-state index in [-0.39, 0.29) is 69.6 Å². The predicted molar refractivity (Wildman–Crippen MR) is 282 cm³/mol. The number of guanidine groups is 2. The summed E-state index contributed by atoms with van der Waals surface area (Å²) < 4.78 is 0. The molecule has 26 nitrogen and oxygen atoms in total. The van der Waals surface area contributed by atoms with E-state index in [2.05, 4.69) is 36.6 Å². The Kier molecular flexibility index (Phi) is 22.9. The van der Waals surface area contributed by atoms with Gasteiger partial charge < -0.3 is 80.2 Å². The van der Waals surface area contributed by atoms with E-state index in [0.717, 1.165) is 0 Å². The molecular formula is C51H75N15O11. The first-order chi connectivity index (χ1) is 36.7. The number of hydrogen-bond acceptors (Lipinski definition) is 13. The van der Waals surface area contributed by atoms with Gasteiger partial charge in [-0.15, -0.1) is 0 Å². The van der Waals surface area contributed by atoms with Crippen LogP contribution in [0.25, 0.3) is 0 Å². The number of benzene rings is 2. The van der Waals surface area contributed by atoms with E-state index >= 15 is 0 Å². The summed E-state index contributed by atoms with van der Waals surface area (Å²) in [5.74, 6) is -6.95. The molecule has 420 valence electrons. The number of aliphatic hydroxyl groups excluding tert-OH is 1. The second-order valence-electron chi connectivity index (χ2n) is 19.5. The van der Waals surface area contributed by atoms with Crippen LogP contribution in [0.1, 0.15) is 82.3 Å². The van der Waals surface area contributed by atoms with Crippen molar-refractivity contribution in [2.24, 2.45) is 38.7 Å². The van der Waals surface area contributed by atoms with Crippen molar-refractivity contribution in [3.63, 3.8) is 0 Å². The van der Waals surface area contributed by atoms with E-state index in [1.54, 1.807) is 60.7 Å². The SMILES string of the molecule is C[C@@H](O)[C@H](NC(=O)[C@H](Cc1ccccc1)NC(=O)CNC(=O)[C@@H]1CCCN1C(=O)[C@@H]1CCCN1C(=O)[C@@H](N)CCCN=C(N)N)C(=O)N1CCC[C@H]1C(=O)N[C@@H](Cc1ccccc1)C(=O)N[C@@H](CCCN=C(N)N)C(=O)O. The van der Waals surface area contributed by atoms with Crippen molar-refractivity contribution in [1.29, 1.82) is 0 Å². The lowest BCUT2D eigenvalue weighted by Gasteiger charge is -2.32. The van der Waals surface area contributed by atoms with Gasteiger partial charge in [-0.3, -0.25) is 48.3 Å². The van der Waals surface area contributed by atoms with E-state index in [0.29, 0.717) is 69.2 Å². The number of rotatable bonds is 27. The first kappa shape index (κ1) is 60.0. The molecule has 0 spiro atoms. The minimum Gasteiger partial charge on any atom is -0.480 e. The number of hydrogen-bond donors (Lipinski definition) is 12. The van der Waals surface area contributed by atoms with Gasteiger partial charge in [-0.05, 0) is 82.3 Å². The van der Waals surface area contributed by atoms with Crippen LogP contribution >= 0.6 is 0 Å². The summed E-state index contributed by atoms with van der Waals surface area (Å²) in [5, 5.41) is 33.9. The fourth-order valence-electron chi connectivity index (χ4n) is 9.71. The molecule has 0 aromatic heterocycles. The third-order valence-corrected chi connectivity index (χ3v) is 13.7. The van der Waals surface area contributed by atoms with Gasteiger partial charge in [0.15, 0.2) is 11.9 Å². The number of amides is 8. The molecule has 3 heterocycles. The van der Waals surface area contributed by atoms with Gasteiger partial charge in [0.2, 0.25) is 47.3 Å². The summed E-state index contributed by atoms with van der Waals surface area (Å²) in [6.07, 6.45) is 1.59. The fraction of sp³-hybridized carbons (Fsp3) is 0.549. The summed E-state index contributed by atoms with van der Waals surface area (Å²) in [6.45, 7) is 1.71. The number of carboxylic acid groups (broad SMARTS) is 1. The largest absolute Gasteiger partial charge is 0.480 e. The van der Waals surface area contributed by atoms with Crippen LogP contribution in [0, 0.1) is 0 Å². The van der Waals surface area contributed by atoms with Gasteiger partial charge in [0.1, 0.15) is 42.3 Å². The van der Waals surface area contributed by atoms with E-state index in [1.165, 1.54) is 21.6 Å². The van der Waals surface area contributed by atoms with Gasteiger partial charge in [-0.25, -0.2) is 4.79 Å². The molecule has 0 saturated carbocycles. The molecule has 17 N–H and O–H groups in total. The second-order valence-corrected chi connectivity index (χ2v) is 19.5. The highest BCUT2D eigenvalue weighted by Crippen LogP contribution is 2.26. The summed E-state index contributed by atoms with van der Waals surface area (Å²) in [5.41, 5.74) is 29.0. The average molecular weight is 1070 g/mol. The van der Waals surface area contributed by atoms with Gasteiger partial charge in [0.25, 0.3) is 0 Å². The smallest absolute Gasteiger partial charge is 0.326 e. The van der Waals surface area contributed by atoms with E-state index in [4.69, 9.17) is 28.7 Å². The van der Waals surface area contributed by atoms with Crippen LogP contribution in [0.5, 0.6) is 0 Å². The molecule has 3 saturated heterocycles. The second kappa shape index (κ2) is 29.4. The quantitative estimate of drug-likeness (QED) is 0.0234. The van der Waals surface area contributed by atoms with Crippen molar-refractivity contribution in [2.45, 2.75) is 138 Å². The molecule has 9 atom stereocenters. The molecule has 0 unspecified atom stereocenters. The summed E-state index contributed by atoms with van der Waals surface area (Å²) in [4.78, 5) is 135. The Morgan fingerprint density at radius 1 is 0.610 bits per heavy atom. The first-order valence-corrected chi connectivity index (χ1v) is 26.0. The molecule has 0 bridgehead atoms. The Hall–Kier alpha value is -7.87. The Balaban J connectivity index is 1.23. The minimum atomic E-state index is -1.62. The molecular weight excluding hydrogens is 999 g/mol. The van der Waals surface area contributed by atoms with Crippen molar-refractivity contribution >= 4 is 65.1 Å². The third kappa shape index (κ3) is 17.9. The fourth-order valence-corrected chi connectivity index (χ4v) is 9.71. The minimum absolute atomic E-state index is 0.0227. The normalized spacial score (nSPS) is 19.3. The number of aliphatic hydroxyl groups is 1. The van der Waals surface area contributed by atoms with Crippen molar-refractivity contribution in [1.82, 2.24) is 41.3 Å². The van der Waals surface area contributed by atoms with Gasteiger partial charge in [0, 0.05) is 45.6 Å². The van der Waals surface area contributed by atoms with Crippen LogP contribution in [-0.4, -0.2) is 184 Å². The van der Waals surface area contributed by atoms with Crippen LogP contribution in [0.4, 0.5) is 0 Å². The highest BCUT2D eigenvalue weighted by Gasteiger charge is 2.44. The zero-order valence-corrected chi connectivity index (χ0v) is 43.4. The molecule has 26 heteroatoms. The van der Waals surface area contributed by atoms with E-state index in [1.807, 2.05) is 0 Å². The van der Waals surface area contributed by atoms with Crippen LogP contribution in [0.2, 0.25) is 0 Å². The zero-order chi connectivity index (χ0) is 56.2. The number of carbonyl (C=O) groups excluding carboxylic acids is 8. The molecule has 3 aliphatic rings. The van der Waals surface area contributed by atoms with Crippen molar-refractivity contribution in [3.05, 3.63) is 71.8 Å². The van der Waals surface area contributed by atoms with Gasteiger partial charge in [-0.2, -0.15) is 0 Å². The number of nitrogens with one attached hydrogen (secondary N) is 5. The van der Waals surface area contributed by atoms with Crippen molar-refractivity contribution in [2.75, 3.05) is 39.3 Å². The number of nitrogens with zero attached hydrogens (tertiary/aromatic N) is 5. The van der Waals surface area contributed by atoms with Crippen molar-refractivity contribution < 1.29 is 53.4 Å². The molecule has 2 aromatic rings. The lowest BCUT2D eigenvalue weighted by molar-refractivity contribution is -0.147. The first-order valence-electron chi connectivity index (χ1n) is 26.0. The van der Waals surface area contributed by atoms with E-state index < -0.39 is 108 Å². The summed E-state index contributed by atoms with van der Waals surface area (Å²) in [7, 11) is 0. The van der Waals surface area contributed by atoms with Crippen LogP contribution in [0.15, 0.2) is 70.6 Å². The number of likely N-dealkylation sites (tertiary alicyclic amines) is 3. The topological polar surface area (TPSA) is 419 Å². The number of carboxylic acids is 1. The van der Waals surface area contributed by atoms with Crippen LogP contribution in [0.3, 0.4) is 0 Å². The Morgan fingerprint density at radius 2 is 1.09 bits per heavy atom. The molecule has 2 aromatic carbocycles. The third-order valence-electron chi connectivity index (χ3n) is 13.7. The highest BCUT2D eigenvalue weighted by atomic mass is 16.4.